The van der Waals surface area contributed by atoms with Gasteiger partial charge in [-0.3, -0.25) is 19.4 Å². The van der Waals surface area contributed by atoms with Crippen molar-refractivity contribution in [3.8, 4) is 0 Å². The number of furan rings is 1. The lowest BCUT2D eigenvalue weighted by atomic mass is 10.00. The van der Waals surface area contributed by atoms with Crippen molar-refractivity contribution in [3.63, 3.8) is 0 Å². The van der Waals surface area contributed by atoms with E-state index < -0.39 is 18.2 Å². The van der Waals surface area contributed by atoms with Gasteiger partial charge in [0.2, 0.25) is 5.91 Å². The number of amides is 3. The summed E-state index contributed by atoms with van der Waals surface area (Å²) in [5, 5.41) is 5.76. The number of hydrogen-bond donors (Lipinski definition) is 2. The van der Waals surface area contributed by atoms with E-state index in [-0.39, 0.29) is 24.1 Å². The molecular weight excluding hydrogens is 488 g/mol. The molecule has 10 nitrogen and oxygen atoms in total. The molecule has 0 spiro atoms. The molecule has 2 saturated heterocycles. The monoisotopic (exact) mass is 518 g/mol. The molecule has 0 aliphatic carbocycles. The number of carbonyl (C=O) groups is 3. The highest BCUT2D eigenvalue weighted by atomic mass is 16.6. The second kappa shape index (κ2) is 11.9. The number of hydrogen-bond acceptors (Lipinski definition) is 7. The minimum absolute atomic E-state index is 0.198. The molecule has 2 N–H and O–H groups in total. The molecule has 38 heavy (non-hydrogen) atoms. The summed E-state index contributed by atoms with van der Waals surface area (Å²) in [5.74, 6) is -0.453. The van der Waals surface area contributed by atoms with Gasteiger partial charge in [-0.1, -0.05) is 42.5 Å². The first-order chi connectivity index (χ1) is 18.6. The molecular formula is C28H30N4O6. The van der Waals surface area contributed by atoms with Gasteiger partial charge < -0.3 is 24.5 Å². The Bertz CT molecular complexity index is 1230. The van der Waals surface area contributed by atoms with Crippen molar-refractivity contribution < 1.29 is 28.3 Å². The topological polar surface area (TPSA) is 113 Å². The minimum atomic E-state index is -0.851. The second-order valence-electron chi connectivity index (χ2n) is 9.16. The van der Waals surface area contributed by atoms with Crippen LogP contribution in [0.3, 0.4) is 0 Å². The van der Waals surface area contributed by atoms with E-state index in [9.17, 15) is 14.4 Å². The van der Waals surface area contributed by atoms with Crippen LogP contribution in [0.15, 0.2) is 77.4 Å². The van der Waals surface area contributed by atoms with E-state index in [1.807, 2.05) is 30.3 Å². The fraction of sp³-hybridized carbons (Fsp3) is 0.321. The van der Waals surface area contributed by atoms with Crippen LogP contribution in [0.5, 0.6) is 0 Å². The van der Waals surface area contributed by atoms with Crippen LogP contribution in [0.1, 0.15) is 27.8 Å². The molecule has 198 valence electrons. The molecule has 2 aliphatic heterocycles. The first-order valence-corrected chi connectivity index (χ1v) is 12.6. The Balaban J connectivity index is 1.30. The number of nitrogens with one attached hydrogen (secondary N) is 2. The zero-order valence-electron chi connectivity index (χ0n) is 20.9. The van der Waals surface area contributed by atoms with Crippen molar-refractivity contribution in [3.05, 3.63) is 89.9 Å². The molecule has 10 heteroatoms. The zero-order valence-corrected chi connectivity index (χ0v) is 20.9. The Kier molecular flexibility index (Phi) is 8.01. The molecule has 3 amide bonds. The van der Waals surface area contributed by atoms with Crippen LogP contribution in [-0.2, 0) is 20.8 Å². The highest BCUT2D eigenvalue weighted by molar-refractivity contribution is 6.02. The maximum absolute atomic E-state index is 13.5. The van der Waals surface area contributed by atoms with E-state index in [0.717, 1.165) is 18.7 Å². The average molecular weight is 519 g/mol. The van der Waals surface area contributed by atoms with Gasteiger partial charge in [0.05, 0.1) is 26.0 Å². The number of ether oxygens (including phenoxy) is 2. The smallest absolute Gasteiger partial charge is 0.411 e. The number of morpholine rings is 1. The van der Waals surface area contributed by atoms with Crippen LogP contribution < -0.4 is 10.6 Å². The Hall–Kier alpha value is -4.15. The maximum atomic E-state index is 13.5. The summed E-state index contributed by atoms with van der Waals surface area (Å²) in [6.45, 7) is 4.42. The molecule has 1 aromatic heterocycles. The quantitative estimate of drug-likeness (QED) is 0.448. The molecule has 0 saturated carbocycles. The summed E-state index contributed by atoms with van der Waals surface area (Å²) in [6, 6.07) is 18.8. The molecule has 2 aliphatic rings. The number of carbonyl (C=O) groups excluding carboxylic acids is 3. The summed E-state index contributed by atoms with van der Waals surface area (Å²) in [4.78, 5) is 42.4. The SMILES string of the molecule is O=C(Nc1ccc([C@H]2OC(=O)N(Cc3ccccc3)[C@@H]2C(=O)NCCN2CCOCC2)cc1)c1ccco1. The molecule has 0 unspecified atom stereocenters. The Morgan fingerprint density at radius 1 is 0.947 bits per heavy atom. The van der Waals surface area contributed by atoms with Crippen LogP contribution in [-0.4, -0.2) is 73.1 Å². The zero-order chi connectivity index (χ0) is 26.3. The summed E-state index contributed by atoms with van der Waals surface area (Å²) in [5.41, 5.74) is 2.09. The van der Waals surface area contributed by atoms with Crippen molar-refractivity contribution in [2.75, 3.05) is 44.7 Å². The molecule has 2 aromatic carbocycles. The van der Waals surface area contributed by atoms with E-state index in [4.69, 9.17) is 13.9 Å². The molecule has 3 heterocycles. The van der Waals surface area contributed by atoms with E-state index in [0.29, 0.717) is 37.6 Å². The Morgan fingerprint density at radius 3 is 2.42 bits per heavy atom. The highest BCUT2D eigenvalue weighted by Crippen LogP contribution is 2.34. The molecule has 5 rings (SSSR count). The third-order valence-corrected chi connectivity index (χ3v) is 6.62. The van der Waals surface area contributed by atoms with Gasteiger partial charge in [-0.2, -0.15) is 0 Å². The largest absolute Gasteiger partial charge is 0.459 e. The average Bonchev–Trinajstić information content (AvgIpc) is 3.59. The number of benzene rings is 2. The lowest BCUT2D eigenvalue weighted by Gasteiger charge is -2.28. The molecule has 0 bridgehead atoms. The third-order valence-electron chi connectivity index (χ3n) is 6.62. The normalized spacial score (nSPS) is 19.7. The summed E-state index contributed by atoms with van der Waals surface area (Å²) in [7, 11) is 0. The predicted octanol–water partition coefficient (Wildman–Crippen LogP) is 3.04. The first kappa shape index (κ1) is 25.5. The van der Waals surface area contributed by atoms with Crippen molar-refractivity contribution in [1.82, 2.24) is 15.1 Å². The number of nitrogens with zero attached hydrogens (tertiary/aromatic N) is 2. The van der Waals surface area contributed by atoms with Crippen LogP contribution in [0, 0.1) is 0 Å². The van der Waals surface area contributed by atoms with Gasteiger partial charge in [0.25, 0.3) is 5.91 Å². The van der Waals surface area contributed by atoms with E-state index in [2.05, 4.69) is 15.5 Å². The van der Waals surface area contributed by atoms with Crippen LogP contribution >= 0.6 is 0 Å². The molecule has 3 aromatic rings. The van der Waals surface area contributed by atoms with Crippen molar-refractivity contribution in [1.29, 1.82) is 0 Å². The summed E-state index contributed by atoms with van der Waals surface area (Å²) in [6.07, 6.45) is 0.0755. The van der Waals surface area contributed by atoms with Gasteiger partial charge in [0, 0.05) is 31.9 Å². The second-order valence-corrected chi connectivity index (χ2v) is 9.16. The van der Waals surface area contributed by atoms with Crippen molar-refractivity contribution in [2.45, 2.75) is 18.7 Å². The Morgan fingerprint density at radius 2 is 1.71 bits per heavy atom. The van der Waals surface area contributed by atoms with Crippen LogP contribution in [0.2, 0.25) is 0 Å². The molecule has 0 radical (unpaired) electrons. The van der Waals surface area contributed by atoms with E-state index in [1.54, 1.807) is 36.4 Å². The molecule has 2 fully saturated rings. The summed E-state index contributed by atoms with van der Waals surface area (Å²) >= 11 is 0. The van der Waals surface area contributed by atoms with Gasteiger partial charge >= 0.3 is 6.09 Å². The Labute approximate surface area is 220 Å². The predicted molar refractivity (Wildman–Crippen MR) is 138 cm³/mol. The van der Waals surface area contributed by atoms with Crippen molar-refractivity contribution in [2.24, 2.45) is 0 Å². The fourth-order valence-electron chi connectivity index (χ4n) is 4.61. The van der Waals surface area contributed by atoms with Gasteiger partial charge in [-0.25, -0.2) is 4.79 Å². The van der Waals surface area contributed by atoms with Gasteiger partial charge in [-0.05, 0) is 35.4 Å². The minimum Gasteiger partial charge on any atom is -0.459 e. The lowest BCUT2D eigenvalue weighted by Crippen LogP contribution is -2.48. The number of anilines is 1. The first-order valence-electron chi connectivity index (χ1n) is 12.6. The lowest BCUT2D eigenvalue weighted by molar-refractivity contribution is -0.126. The third kappa shape index (κ3) is 6.04. The number of rotatable bonds is 9. The van der Waals surface area contributed by atoms with E-state index in [1.165, 1.54) is 11.2 Å². The summed E-state index contributed by atoms with van der Waals surface area (Å²) < 4.78 is 16.3. The standard InChI is InChI=1S/C28H30N4O6/c33-26(23-7-4-16-37-23)30-22-10-8-21(9-11-22)25-24(27(34)29-12-13-31-14-17-36-18-15-31)32(28(35)38-25)19-20-5-2-1-3-6-20/h1-11,16,24-25H,12-15,17-19H2,(H,29,34)(H,30,33)/t24-,25+/m0/s1. The number of cyclic esters (lactones) is 1. The van der Waals surface area contributed by atoms with Gasteiger partial charge in [0.1, 0.15) is 0 Å². The fourth-order valence-corrected chi connectivity index (χ4v) is 4.61. The van der Waals surface area contributed by atoms with Crippen LogP contribution in [0.4, 0.5) is 10.5 Å². The van der Waals surface area contributed by atoms with E-state index >= 15 is 0 Å². The molecule has 2 atom stereocenters. The highest BCUT2D eigenvalue weighted by Gasteiger charge is 2.46. The van der Waals surface area contributed by atoms with Crippen LogP contribution in [0.25, 0.3) is 0 Å². The van der Waals surface area contributed by atoms with Crippen molar-refractivity contribution >= 4 is 23.6 Å². The van der Waals surface area contributed by atoms with Gasteiger partial charge in [-0.15, -0.1) is 0 Å². The van der Waals surface area contributed by atoms with Gasteiger partial charge in [0.15, 0.2) is 17.9 Å². The maximum Gasteiger partial charge on any atom is 0.411 e.